The minimum atomic E-state index is -0.319. The van der Waals surface area contributed by atoms with E-state index in [-0.39, 0.29) is 17.7 Å². The molecule has 0 N–H and O–H groups in total. The third kappa shape index (κ3) is 5.61. The third-order valence-corrected chi connectivity index (χ3v) is 6.84. The van der Waals surface area contributed by atoms with Crippen LogP contribution in [0.3, 0.4) is 0 Å². The van der Waals surface area contributed by atoms with Crippen molar-refractivity contribution in [2.45, 2.75) is 13.2 Å². The molecule has 1 aliphatic rings. The summed E-state index contributed by atoms with van der Waals surface area (Å²) in [6, 6.07) is 20.3. The van der Waals surface area contributed by atoms with E-state index in [1.807, 2.05) is 48.5 Å². The van der Waals surface area contributed by atoms with E-state index in [1.54, 1.807) is 31.4 Å². The molecule has 0 saturated carbocycles. The van der Waals surface area contributed by atoms with Gasteiger partial charge >= 0.3 is 0 Å². The van der Waals surface area contributed by atoms with Gasteiger partial charge in [-0.3, -0.25) is 14.5 Å². The number of carbonyl (C=O) groups excluding carboxylic acids is 2. The van der Waals surface area contributed by atoms with Crippen molar-refractivity contribution in [1.29, 1.82) is 0 Å². The number of hydrogen-bond acceptors (Lipinski definition) is 5. The zero-order chi connectivity index (χ0) is 23.4. The molecule has 3 aromatic carbocycles. The number of ether oxygens (including phenoxy) is 2. The van der Waals surface area contributed by atoms with Crippen LogP contribution in [0, 0.1) is 0 Å². The molecule has 0 unspecified atom stereocenters. The number of imide groups is 1. The number of halogens is 2. The van der Waals surface area contributed by atoms with Gasteiger partial charge in [-0.2, -0.15) is 0 Å². The predicted octanol–water partition coefficient (Wildman–Crippen LogP) is 6.93. The molecule has 0 aromatic heterocycles. The Balaban J connectivity index is 1.49. The van der Waals surface area contributed by atoms with Crippen LogP contribution >= 0.6 is 39.3 Å². The van der Waals surface area contributed by atoms with E-state index in [0.29, 0.717) is 28.0 Å². The van der Waals surface area contributed by atoms with Crippen molar-refractivity contribution < 1.29 is 19.1 Å². The average molecular weight is 545 g/mol. The van der Waals surface area contributed by atoms with Crippen LogP contribution in [0.2, 0.25) is 5.02 Å². The van der Waals surface area contributed by atoms with Gasteiger partial charge in [-0.15, -0.1) is 0 Å². The number of benzene rings is 3. The Morgan fingerprint density at radius 2 is 1.85 bits per heavy atom. The molecule has 1 saturated heterocycles. The molecule has 1 heterocycles. The van der Waals surface area contributed by atoms with Crippen molar-refractivity contribution in [2.24, 2.45) is 0 Å². The zero-order valence-electron chi connectivity index (χ0n) is 17.6. The maximum Gasteiger partial charge on any atom is 0.293 e. The van der Waals surface area contributed by atoms with Crippen molar-refractivity contribution >= 4 is 56.5 Å². The van der Waals surface area contributed by atoms with Crippen molar-refractivity contribution in [1.82, 2.24) is 4.90 Å². The van der Waals surface area contributed by atoms with E-state index in [4.69, 9.17) is 21.1 Å². The fourth-order valence-corrected chi connectivity index (χ4v) is 4.73. The van der Waals surface area contributed by atoms with Crippen molar-refractivity contribution in [3.8, 4) is 11.5 Å². The standard InChI is InChI=1S/C25H19BrClNO4S/c1-31-22-12-16(9-10-21(22)32-15-17-5-4-7-19(27)11-17)13-23-24(29)28(25(30)33-23)14-18-6-2-3-8-20(18)26/h2-13H,14-15H2,1H3/b23-13-. The molecule has 0 bridgehead atoms. The van der Waals surface area contributed by atoms with Gasteiger partial charge in [0.25, 0.3) is 11.1 Å². The molecule has 3 aromatic rings. The van der Waals surface area contributed by atoms with Crippen LogP contribution in [0.5, 0.6) is 11.5 Å². The van der Waals surface area contributed by atoms with Gasteiger partial charge in [-0.25, -0.2) is 0 Å². The fraction of sp³-hybridized carbons (Fsp3) is 0.120. The smallest absolute Gasteiger partial charge is 0.293 e. The van der Waals surface area contributed by atoms with Crippen LogP contribution in [0.4, 0.5) is 4.79 Å². The van der Waals surface area contributed by atoms with E-state index in [0.717, 1.165) is 32.9 Å². The summed E-state index contributed by atoms with van der Waals surface area (Å²) >= 11 is 10.4. The van der Waals surface area contributed by atoms with E-state index < -0.39 is 0 Å². The van der Waals surface area contributed by atoms with Gasteiger partial charge < -0.3 is 9.47 Å². The van der Waals surface area contributed by atoms with Gasteiger partial charge in [0, 0.05) is 9.50 Å². The topological polar surface area (TPSA) is 55.8 Å². The molecule has 0 atom stereocenters. The molecular weight excluding hydrogens is 526 g/mol. The highest BCUT2D eigenvalue weighted by Gasteiger charge is 2.35. The lowest BCUT2D eigenvalue weighted by Gasteiger charge is -2.13. The molecule has 5 nitrogen and oxygen atoms in total. The molecule has 0 spiro atoms. The van der Waals surface area contributed by atoms with Crippen molar-refractivity contribution in [2.75, 3.05) is 7.11 Å². The first-order valence-corrected chi connectivity index (χ1v) is 12.0. The summed E-state index contributed by atoms with van der Waals surface area (Å²) in [5.74, 6) is 0.774. The van der Waals surface area contributed by atoms with Crippen LogP contribution < -0.4 is 9.47 Å². The normalized spacial score (nSPS) is 14.8. The lowest BCUT2D eigenvalue weighted by molar-refractivity contribution is -0.123. The fourth-order valence-electron chi connectivity index (χ4n) is 3.27. The Hall–Kier alpha value is -2.74. The Morgan fingerprint density at radius 1 is 1.03 bits per heavy atom. The van der Waals surface area contributed by atoms with Crippen LogP contribution in [0.1, 0.15) is 16.7 Å². The average Bonchev–Trinajstić information content (AvgIpc) is 3.07. The number of nitrogens with zero attached hydrogens (tertiary/aromatic N) is 1. The van der Waals surface area contributed by atoms with Crippen molar-refractivity contribution in [3.63, 3.8) is 0 Å². The summed E-state index contributed by atoms with van der Waals surface area (Å²) in [7, 11) is 1.55. The molecule has 4 rings (SSSR count). The molecule has 0 radical (unpaired) electrons. The third-order valence-electron chi connectivity index (χ3n) is 4.93. The molecule has 168 valence electrons. The summed E-state index contributed by atoms with van der Waals surface area (Å²) in [6.07, 6.45) is 1.69. The van der Waals surface area contributed by atoms with Gasteiger partial charge in [-0.1, -0.05) is 63.9 Å². The molecule has 1 fully saturated rings. The Morgan fingerprint density at radius 3 is 2.61 bits per heavy atom. The SMILES string of the molecule is COc1cc(/C=C2\SC(=O)N(Cc3ccccc3Br)C2=O)ccc1OCc1cccc(Cl)c1. The number of methoxy groups -OCH3 is 1. The highest BCUT2D eigenvalue weighted by molar-refractivity contribution is 9.10. The molecule has 33 heavy (non-hydrogen) atoms. The Labute approximate surface area is 209 Å². The number of rotatable bonds is 7. The highest BCUT2D eigenvalue weighted by atomic mass is 79.9. The Bertz CT molecular complexity index is 1250. The highest BCUT2D eigenvalue weighted by Crippen LogP contribution is 2.36. The van der Waals surface area contributed by atoms with Crippen LogP contribution in [-0.4, -0.2) is 23.2 Å². The molecular formula is C25H19BrClNO4S. The van der Waals surface area contributed by atoms with E-state index in [9.17, 15) is 9.59 Å². The van der Waals surface area contributed by atoms with Crippen LogP contribution in [0.15, 0.2) is 76.1 Å². The maximum absolute atomic E-state index is 12.9. The minimum absolute atomic E-state index is 0.211. The minimum Gasteiger partial charge on any atom is -0.493 e. The molecule has 8 heteroatoms. The first-order valence-electron chi connectivity index (χ1n) is 9.98. The van der Waals surface area contributed by atoms with Crippen molar-refractivity contribution in [3.05, 3.63) is 97.8 Å². The number of hydrogen-bond donors (Lipinski definition) is 0. The Kier molecular flexibility index (Phi) is 7.42. The van der Waals surface area contributed by atoms with Crippen LogP contribution in [0.25, 0.3) is 6.08 Å². The lowest BCUT2D eigenvalue weighted by Crippen LogP contribution is -2.27. The van der Waals surface area contributed by atoms with E-state index in [2.05, 4.69) is 15.9 Å². The molecule has 1 aliphatic heterocycles. The second-order valence-corrected chi connectivity index (χ2v) is 9.47. The second kappa shape index (κ2) is 10.5. The lowest BCUT2D eigenvalue weighted by atomic mass is 10.1. The molecule has 2 amide bonds. The van der Waals surface area contributed by atoms with E-state index >= 15 is 0 Å². The second-order valence-electron chi connectivity index (χ2n) is 7.19. The molecule has 0 aliphatic carbocycles. The number of amides is 2. The first-order chi connectivity index (χ1) is 15.9. The van der Waals surface area contributed by atoms with Gasteiger partial charge in [0.15, 0.2) is 11.5 Å². The van der Waals surface area contributed by atoms with Gasteiger partial charge in [0.2, 0.25) is 0 Å². The summed E-state index contributed by atoms with van der Waals surface area (Å²) in [5, 5.41) is 0.349. The van der Waals surface area contributed by atoms with Gasteiger partial charge in [0.1, 0.15) is 6.61 Å². The van der Waals surface area contributed by atoms with Gasteiger partial charge in [-0.05, 0) is 64.9 Å². The zero-order valence-corrected chi connectivity index (χ0v) is 20.7. The number of carbonyl (C=O) groups is 2. The summed E-state index contributed by atoms with van der Waals surface area (Å²) in [6.45, 7) is 0.549. The van der Waals surface area contributed by atoms with E-state index in [1.165, 1.54) is 4.90 Å². The monoisotopic (exact) mass is 543 g/mol. The number of thioether (sulfide) groups is 1. The van der Waals surface area contributed by atoms with Crippen LogP contribution in [-0.2, 0) is 17.9 Å². The predicted molar refractivity (Wildman–Crippen MR) is 134 cm³/mol. The summed E-state index contributed by atoms with van der Waals surface area (Å²) in [4.78, 5) is 27.0. The van der Waals surface area contributed by atoms with Gasteiger partial charge in [0.05, 0.1) is 18.6 Å². The largest absolute Gasteiger partial charge is 0.493 e. The first kappa shape index (κ1) is 23.4. The quantitative estimate of drug-likeness (QED) is 0.302. The summed E-state index contributed by atoms with van der Waals surface area (Å²) in [5.41, 5.74) is 2.53. The maximum atomic E-state index is 12.9. The summed E-state index contributed by atoms with van der Waals surface area (Å²) < 4.78 is 12.2.